The molecule has 1 heterocycles. The van der Waals surface area contributed by atoms with Crippen LogP contribution >= 0.6 is 0 Å². The number of piperazine rings is 1. The zero-order chi connectivity index (χ0) is 14.0. The van der Waals surface area contributed by atoms with Crippen molar-refractivity contribution in [3.63, 3.8) is 0 Å². The summed E-state index contributed by atoms with van der Waals surface area (Å²) < 4.78 is 0. The molecule has 0 bridgehead atoms. The van der Waals surface area contributed by atoms with Crippen molar-refractivity contribution < 1.29 is 14.4 Å². The summed E-state index contributed by atoms with van der Waals surface area (Å²) >= 11 is 0. The monoisotopic (exact) mass is 268 g/mol. The fourth-order valence-corrected chi connectivity index (χ4v) is 2.27. The molecule has 7 nitrogen and oxygen atoms in total. The summed E-state index contributed by atoms with van der Waals surface area (Å²) in [5.74, 6) is -0.436. The Labute approximate surface area is 111 Å². The number of nitrogens with zero attached hydrogens (tertiary/aromatic N) is 2. The first kappa shape index (κ1) is 13.8. The normalized spacial score (nSPS) is 21.1. The standard InChI is InChI=1S/C12H20N4O3/c13-9(7-10(14)17)12(19)16-5-3-15(4-6-16)11(18)8-1-2-8/h8-9H,1-7,13H2,(H2,14,17). The lowest BCUT2D eigenvalue weighted by molar-refractivity contribution is -0.141. The molecule has 2 aliphatic rings. The van der Waals surface area contributed by atoms with Crippen LogP contribution in [0.2, 0.25) is 0 Å². The van der Waals surface area contributed by atoms with Gasteiger partial charge in [0.2, 0.25) is 17.7 Å². The molecular weight excluding hydrogens is 248 g/mol. The molecule has 3 amide bonds. The summed E-state index contributed by atoms with van der Waals surface area (Å²) in [6.45, 7) is 2.04. The molecule has 0 aromatic rings. The number of primary amides is 1. The highest BCUT2D eigenvalue weighted by Crippen LogP contribution is 2.31. The lowest BCUT2D eigenvalue weighted by Crippen LogP contribution is -2.55. The maximum absolute atomic E-state index is 11.9. The van der Waals surface area contributed by atoms with Gasteiger partial charge in [-0.2, -0.15) is 0 Å². The third-order valence-corrected chi connectivity index (χ3v) is 3.57. The van der Waals surface area contributed by atoms with Gasteiger partial charge in [0.15, 0.2) is 0 Å². The number of rotatable bonds is 4. The van der Waals surface area contributed by atoms with Gasteiger partial charge in [-0.25, -0.2) is 0 Å². The van der Waals surface area contributed by atoms with E-state index in [-0.39, 0.29) is 24.2 Å². The van der Waals surface area contributed by atoms with Gasteiger partial charge in [0.25, 0.3) is 0 Å². The predicted octanol–water partition coefficient (Wildman–Crippen LogP) is -1.73. The van der Waals surface area contributed by atoms with Crippen molar-refractivity contribution in [2.75, 3.05) is 26.2 Å². The Morgan fingerprint density at radius 1 is 1.05 bits per heavy atom. The van der Waals surface area contributed by atoms with E-state index in [0.29, 0.717) is 26.2 Å². The lowest BCUT2D eigenvalue weighted by atomic mass is 10.1. The van der Waals surface area contributed by atoms with Crippen LogP contribution in [0.15, 0.2) is 0 Å². The molecule has 4 N–H and O–H groups in total. The van der Waals surface area contributed by atoms with Crippen LogP contribution in [0.25, 0.3) is 0 Å². The SMILES string of the molecule is NC(=O)CC(N)C(=O)N1CCN(C(=O)C2CC2)CC1. The van der Waals surface area contributed by atoms with E-state index in [1.54, 1.807) is 9.80 Å². The van der Waals surface area contributed by atoms with Crippen LogP contribution in [0.3, 0.4) is 0 Å². The lowest BCUT2D eigenvalue weighted by Gasteiger charge is -2.35. The number of carbonyl (C=O) groups excluding carboxylic acids is 3. The Kier molecular flexibility index (Phi) is 4.04. The average Bonchev–Trinajstić information content (AvgIpc) is 3.20. The molecule has 1 atom stereocenters. The van der Waals surface area contributed by atoms with Crippen molar-refractivity contribution in [1.29, 1.82) is 0 Å². The second-order valence-electron chi connectivity index (χ2n) is 5.20. The minimum absolute atomic E-state index is 0.139. The molecule has 1 saturated heterocycles. The second kappa shape index (κ2) is 5.56. The highest BCUT2D eigenvalue weighted by Gasteiger charge is 2.35. The maximum atomic E-state index is 11.9. The molecule has 0 aromatic carbocycles. The zero-order valence-electron chi connectivity index (χ0n) is 10.9. The minimum atomic E-state index is -0.872. The molecule has 106 valence electrons. The summed E-state index contributed by atoms with van der Waals surface area (Å²) in [5, 5.41) is 0. The first-order valence-electron chi connectivity index (χ1n) is 6.60. The molecule has 7 heteroatoms. The first-order valence-corrected chi connectivity index (χ1v) is 6.60. The van der Waals surface area contributed by atoms with E-state index >= 15 is 0 Å². The summed E-state index contributed by atoms with van der Waals surface area (Å²) in [6.07, 6.45) is 1.84. The van der Waals surface area contributed by atoms with E-state index in [9.17, 15) is 14.4 Å². The summed E-state index contributed by atoms with van der Waals surface area (Å²) in [4.78, 5) is 37.9. The first-order chi connectivity index (χ1) is 8.99. The number of hydrogen-bond donors (Lipinski definition) is 2. The molecule has 0 aromatic heterocycles. The number of amides is 3. The van der Waals surface area contributed by atoms with Crippen molar-refractivity contribution >= 4 is 17.7 Å². The van der Waals surface area contributed by atoms with Crippen molar-refractivity contribution in [3.05, 3.63) is 0 Å². The summed E-state index contributed by atoms with van der Waals surface area (Å²) in [6, 6.07) is -0.872. The average molecular weight is 268 g/mol. The van der Waals surface area contributed by atoms with Crippen molar-refractivity contribution in [2.24, 2.45) is 17.4 Å². The highest BCUT2D eigenvalue weighted by molar-refractivity contribution is 5.88. The Bertz CT molecular complexity index is 386. The quantitative estimate of drug-likeness (QED) is 0.631. The van der Waals surface area contributed by atoms with E-state index in [2.05, 4.69) is 0 Å². The number of carbonyl (C=O) groups is 3. The van der Waals surface area contributed by atoms with Crippen LogP contribution in [-0.4, -0.2) is 59.7 Å². The Morgan fingerprint density at radius 2 is 1.58 bits per heavy atom. The van der Waals surface area contributed by atoms with Gasteiger partial charge in [-0.05, 0) is 12.8 Å². The zero-order valence-corrected chi connectivity index (χ0v) is 10.9. The Hall–Kier alpha value is -1.63. The topological polar surface area (TPSA) is 110 Å². The second-order valence-corrected chi connectivity index (χ2v) is 5.20. The molecule has 1 aliphatic carbocycles. The third-order valence-electron chi connectivity index (χ3n) is 3.57. The van der Waals surface area contributed by atoms with Crippen molar-refractivity contribution in [1.82, 2.24) is 9.80 Å². The molecule has 0 spiro atoms. The third kappa shape index (κ3) is 3.44. The maximum Gasteiger partial charge on any atom is 0.240 e. The molecule has 2 rings (SSSR count). The van der Waals surface area contributed by atoms with Crippen LogP contribution in [0.5, 0.6) is 0 Å². The van der Waals surface area contributed by atoms with Gasteiger partial charge in [0.05, 0.1) is 12.5 Å². The number of hydrogen-bond acceptors (Lipinski definition) is 4. The number of nitrogens with two attached hydrogens (primary N) is 2. The smallest absolute Gasteiger partial charge is 0.240 e. The van der Waals surface area contributed by atoms with Gasteiger partial charge < -0.3 is 21.3 Å². The van der Waals surface area contributed by atoms with Crippen molar-refractivity contribution in [3.8, 4) is 0 Å². The summed E-state index contributed by atoms with van der Waals surface area (Å²) in [7, 11) is 0. The van der Waals surface area contributed by atoms with Gasteiger partial charge >= 0.3 is 0 Å². The molecular formula is C12H20N4O3. The molecule has 1 saturated carbocycles. The summed E-state index contributed by atoms with van der Waals surface area (Å²) in [5.41, 5.74) is 10.6. The van der Waals surface area contributed by atoms with Crippen LogP contribution < -0.4 is 11.5 Å². The molecule has 1 aliphatic heterocycles. The van der Waals surface area contributed by atoms with E-state index in [1.807, 2.05) is 0 Å². The van der Waals surface area contributed by atoms with Crippen LogP contribution in [0.1, 0.15) is 19.3 Å². The van der Waals surface area contributed by atoms with E-state index in [1.165, 1.54) is 0 Å². The van der Waals surface area contributed by atoms with Crippen LogP contribution in [0, 0.1) is 5.92 Å². The van der Waals surface area contributed by atoms with Gasteiger partial charge in [-0.1, -0.05) is 0 Å². The van der Waals surface area contributed by atoms with Crippen LogP contribution in [0.4, 0.5) is 0 Å². The largest absolute Gasteiger partial charge is 0.370 e. The van der Waals surface area contributed by atoms with Gasteiger partial charge in [0.1, 0.15) is 0 Å². The van der Waals surface area contributed by atoms with E-state index in [4.69, 9.17) is 11.5 Å². The highest BCUT2D eigenvalue weighted by atomic mass is 16.2. The fourth-order valence-electron chi connectivity index (χ4n) is 2.27. The van der Waals surface area contributed by atoms with Gasteiger partial charge in [-0.15, -0.1) is 0 Å². The van der Waals surface area contributed by atoms with Crippen LogP contribution in [-0.2, 0) is 14.4 Å². The molecule has 1 unspecified atom stereocenters. The van der Waals surface area contributed by atoms with E-state index < -0.39 is 11.9 Å². The minimum Gasteiger partial charge on any atom is -0.370 e. The fraction of sp³-hybridized carbons (Fsp3) is 0.750. The Morgan fingerprint density at radius 3 is 2.05 bits per heavy atom. The van der Waals surface area contributed by atoms with Crippen molar-refractivity contribution in [2.45, 2.75) is 25.3 Å². The van der Waals surface area contributed by atoms with E-state index in [0.717, 1.165) is 12.8 Å². The van der Waals surface area contributed by atoms with Gasteiger partial charge in [-0.3, -0.25) is 14.4 Å². The van der Waals surface area contributed by atoms with Gasteiger partial charge in [0, 0.05) is 32.1 Å². The molecule has 2 fully saturated rings. The molecule has 0 radical (unpaired) electrons. The molecule has 19 heavy (non-hydrogen) atoms. The Balaban J connectivity index is 1.80. The predicted molar refractivity (Wildman–Crippen MR) is 67.7 cm³/mol.